The number of aryl methyl sites for hydroxylation is 2. The second-order valence-corrected chi connectivity index (χ2v) is 6.68. The number of nitrogens with zero attached hydrogens (tertiary/aromatic N) is 1. The number of nitrogens with one attached hydrogen (secondary N) is 2. The Balaban J connectivity index is 1.67. The molecule has 23 heavy (non-hydrogen) atoms. The van der Waals surface area contributed by atoms with Crippen molar-refractivity contribution in [2.45, 2.75) is 32.3 Å². The average molecular weight is 333 g/mol. The Bertz CT molecular complexity index is 626. The third-order valence-electron chi connectivity index (χ3n) is 3.51. The number of amides is 2. The van der Waals surface area contributed by atoms with Crippen molar-refractivity contribution in [2.75, 3.05) is 13.1 Å². The van der Waals surface area contributed by atoms with Gasteiger partial charge in [0.2, 0.25) is 0 Å². The lowest BCUT2D eigenvalue weighted by molar-refractivity contribution is 0.0594. The zero-order chi connectivity index (χ0) is 16.7. The van der Waals surface area contributed by atoms with Crippen molar-refractivity contribution < 1.29 is 9.90 Å². The summed E-state index contributed by atoms with van der Waals surface area (Å²) in [6.07, 6.45) is 1.70. The van der Waals surface area contributed by atoms with E-state index in [1.807, 2.05) is 42.6 Å². The van der Waals surface area contributed by atoms with E-state index in [-0.39, 0.29) is 12.6 Å². The molecule has 0 unspecified atom stereocenters. The fourth-order valence-corrected chi connectivity index (χ4v) is 2.99. The van der Waals surface area contributed by atoms with Crippen LogP contribution in [0.2, 0.25) is 0 Å². The van der Waals surface area contributed by atoms with E-state index in [9.17, 15) is 9.90 Å². The summed E-state index contributed by atoms with van der Waals surface area (Å²) in [6, 6.07) is 9.04. The van der Waals surface area contributed by atoms with Crippen LogP contribution >= 0.6 is 11.3 Å². The summed E-state index contributed by atoms with van der Waals surface area (Å²) in [7, 11) is 0. The van der Waals surface area contributed by atoms with Gasteiger partial charge in [0.1, 0.15) is 5.60 Å². The van der Waals surface area contributed by atoms with Gasteiger partial charge in [-0.2, -0.15) is 0 Å². The van der Waals surface area contributed by atoms with Crippen molar-refractivity contribution in [3.05, 3.63) is 52.0 Å². The van der Waals surface area contributed by atoms with Crippen LogP contribution in [-0.2, 0) is 12.0 Å². The maximum atomic E-state index is 11.8. The molecule has 6 heteroatoms. The zero-order valence-electron chi connectivity index (χ0n) is 13.5. The highest BCUT2D eigenvalue weighted by atomic mass is 32.1. The molecule has 0 saturated carbocycles. The lowest BCUT2D eigenvalue weighted by Crippen LogP contribution is -2.43. The monoisotopic (exact) mass is 333 g/mol. The third-order valence-corrected chi connectivity index (χ3v) is 4.53. The Hall–Kier alpha value is -1.92. The summed E-state index contributed by atoms with van der Waals surface area (Å²) in [5.41, 5.74) is 0.732. The summed E-state index contributed by atoms with van der Waals surface area (Å²) < 4.78 is 0. The van der Waals surface area contributed by atoms with E-state index in [0.717, 1.165) is 29.1 Å². The van der Waals surface area contributed by atoms with Crippen LogP contribution in [0.15, 0.2) is 35.7 Å². The Labute approximate surface area is 140 Å². The van der Waals surface area contributed by atoms with E-state index in [1.54, 1.807) is 18.3 Å². The topological polar surface area (TPSA) is 74.2 Å². The van der Waals surface area contributed by atoms with E-state index >= 15 is 0 Å². The van der Waals surface area contributed by atoms with Crippen LogP contribution in [0.3, 0.4) is 0 Å². The minimum Gasteiger partial charge on any atom is -0.384 e. The highest BCUT2D eigenvalue weighted by molar-refractivity contribution is 7.09. The number of benzene rings is 1. The molecule has 0 bridgehead atoms. The molecule has 0 saturated heterocycles. The van der Waals surface area contributed by atoms with Gasteiger partial charge in [-0.25, -0.2) is 9.78 Å². The Morgan fingerprint density at radius 2 is 2.04 bits per heavy atom. The number of thiazole rings is 1. The molecule has 0 aliphatic heterocycles. The molecule has 3 N–H and O–H groups in total. The van der Waals surface area contributed by atoms with Gasteiger partial charge in [-0.15, -0.1) is 11.3 Å². The van der Waals surface area contributed by atoms with E-state index in [2.05, 4.69) is 15.6 Å². The molecule has 1 heterocycles. The predicted molar refractivity (Wildman–Crippen MR) is 92.6 cm³/mol. The largest absolute Gasteiger partial charge is 0.384 e. The van der Waals surface area contributed by atoms with Gasteiger partial charge in [-0.1, -0.05) is 30.3 Å². The molecule has 1 aromatic carbocycles. The molecule has 0 aliphatic carbocycles. The van der Waals surface area contributed by atoms with Gasteiger partial charge in [0.05, 0.1) is 11.6 Å². The molecule has 0 radical (unpaired) electrons. The first-order valence-corrected chi connectivity index (χ1v) is 8.56. The molecule has 5 nitrogen and oxygen atoms in total. The minimum atomic E-state index is -1.09. The smallest absolute Gasteiger partial charge is 0.314 e. The van der Waals surface area contributed by atoms with Crippen LogP contribution in [0.25, 0.3) is 0 Å². The normalized spacial score (nSPS) is 13.3. The first-order chi connectivity index (χ1) is 11.0. The van der Waals surface area contributed by atoms with Gasteiger partial charge in [-0.3, -0.25) is 0 Å². The number of carbonyl (C=O) groups excluding carboxylic acids is 1. The van der Waals surface area contributed by atoms with Gasteiger partial charge in [-0.05, 0) is 25.8 Å². The van der Waals surface area contributed by atoms with Crippen molar-refractivity contribution >= 4 is 17.4 Å². The zero-order valence-corrected chi connectivity index (χ0v) is 14.3. The fraction of sp³-hybridized carbons (Fsp3) is 0.412. The molecule has 0 fully saturated rings. The van der Waals surface area contributed by atoms with Crippen LogP contribution in [0.1, 0.15) is 29.6 Å². The number of aliphatic hydroxyl groups is 1. The van der Waals surface area contributed by atoms with Crippen LogP contribution in [0.4, 0.5) is 4.79 Å². The standard InChI is InChI=1S/C17H23N3O2S/c1-13-11-23-15(20-13)9-6-10-18-16(21)19-12-17(2,22)14-7-4-3-5-8-14/h3-5,7-8,11,22H,6,9-10,12H2,1-2H3,(H2,18,19,21)/t17-/m0/s1. The quantitative estimate of drug-likeness (QED) is 0.682. The molecule has 0 aliphatic rings. The Morgan fingerprint density at radius 3 is 2.70 bits per heavy atom. The first kappa shape index (κ1) is 17.4. The summed E-state index contributed by atoms with van der Waals surface area (Å²) >= 11 is 1.65. The summed E-state index contributed by atoms with van der Waals surface area (Å²) in [5, 5.41) is 19.0. The number of aromatic nitrogens is 1. The number of hydrogen-bond acceptors (Lipinski definition) is 4. The number of urea groups is 1. The van der Waals surface area contributed by atoms with Gasteiger partial charge in [0.15, 0.2) is 0 Å². The van der Waals surface area contributed by atoms with E-state index < -0.39 is 5.60 Å². The lowest BCUT2D eigenvalue weighted by atomic mass is 9.96. The molecule has 124 valence electrons. The van der Waals surface area contributed by atoms with Gasteiger partial charge in [0.25, 0.3) is 0 Å². The van der Waals surface area contributed by atoms with Crippen molar-refractivity contribution in [2.24, 2.45) is 0 Å². The Morgan fingerprint density at radius 1 is 1.30 bits per heavy atom. The molecule has 2 rings (SSSR count). The van der Waals surface area contributed by atoms with Crippen LogP contribution in [0, 0.1) is 6.92 Å². The fourth-order valence-electron chi connectivity index (χ4n) is 2.17. The highest BCUT2D eigenvalue weighted by Gasteiger charge is 2.23. The van der Waals surface area contributed by atoms with Gasteiger partial charge >= 0.3 is 6.03 Å². The van der Waals surface area contributed by atoms with Crippen LogP contribution in [-0.4, -0.2) is 29.2 Å². The van der Waals surface area contributed by atoms with Gasteiger partial charge < -0.3 is 15.7 Å². The number of rotatable bonds is 7. The number of hydrogen-bond donors (Lipinski definition) is 3. The van der Waals surface area contributed by atoms with Gasteiger partial charge in [0, 0.05) is 24.0 Å². The van der Waals surface area contributed by atoms with E-state index in [4.69, 9.17) is 0 Å². The van der Waals surface area contributed by atoms with Crippen LogP contribution in [0.5, 0.6) is 0 Å². The molecule has 1 atom stereocenters. The molecule has 1 aromatic heterocycles. The highest BCUT2D eigenvalue weighted by Crippen LogP contribution is 2.18. The third kappa shape index (κ3) is 5.65. The maximum absolute atomic E-state index is 11.8. The van der Waals surface area contributed by atoms with Crippen molar-refractivity contribution in [1.29, 1.82) is 0 Å². The molecular weight excluding hydrogens is 310 g/mol. The average Bonchev–Trinajstić information content (AvgIpc) is 2.96. The van der Waals surface area contributed by atoms with E-state index in [0.29, 0.717) is 6.54 Å². The summed E-state index contributed by atoms with van der Waals surface area (Å²) in [6.45, 7) is 4.41. The second-order valence-electron chi connectivity index (χ2n) is 5.74. The molecule has 2 amide bonds. The van der Waals surface area contributed by atoms with E-state index in [1.165, 1.54) is 0 Å². The Kier molecular flexibility index (Phi) is 6.12. The second kappa shape index (κ2) is 8.08. The summed E-state index contributed by atoms with van der Waals surface area (Å²) in [4.78, 5) is 16.2. The van der Waals surface area contributed by atoms with Crippen molar-refractivity contribution in [3.8, 4) is 0 Å². The SMILES string of the molecule is Cc1csc(CCCNC(=O)NC[C@](C)(O)c2ccccc2)n1. The first-order valence-electron chi connectivity index (χ1n) is 7.68. The van der Waals surface area contributed by atoms with Crippen LogP contribution < -0.4 is 10.6 Å². The molecule has 2 aromatic rings. The molecular formula is C17H23N3O2S. The number of carbonyl (C=O) groups is 1. The molecule has 0 spiro atoms. The minimum absolute atomic E-state index is 0.161. The van der Waals surface area contributed by atoms with Crippen molar-refractivity contribution in [3.63, 3.8) is 0 Å². The lowest BCUT2D eigenvalue weighted by Gasteiger charge is -2.24. The predicted octanol–water partition coefficient (Wildman–Crippen LogP) is 2.59. The maximum Gasteiger partial charge on any atom is 0.314 e. The van der Waals surface area contributed by atoms with Crippen molar-refractivity contribution in [1.82, 2.24) is 15.6 Å². The summed E-state index contributed by atoms with van der Waals surface area (Å²) in [5.74, 6) is 0.